The highest BCUT2D eigenvalue weighted by Gasteiger charge is 2.27. The molecule has 158 valence electrons. The maximum Gasteiger partial charge on any atom is 0.317 e. The average molecular weight is 406 g/mol. The van der Waals surface area contributed by atoms with E-state index < -0.39 is 22.3 Å². The molecule has 1 saturated heterocycles. The fourth-order valence-corrected chi connectivity index (χ4v) is 3.99. The molecule has 0 spiro atoms. The lowest BCUT2D eigenvalue weighted by Crippen LogP contribution is -2.51. The standard InChI is InChI=1S/C20H27FN4O4/c1-13-17(21)11-14(12-18(13)25(28)29)19(26)22-16-7-9-24(10-8-16)20(27)23-15-5-3-2-4-6-15/h11-12,15-16H,2-10H2,1H3,(H,22,26)(H,23,27). The van der Waals surface area contributed by atoms with Crippen LogP contribution in [0.1, 0.15) is 60.9 Å². The summed E-state index contributed by atoms with van der Waals surface area (Å²) in [5.41, 5.74) is -0.578. The van der Waals surface area contributed by atoms with E-state index in [1.165, 1.54) is 13.3 Å². The number of amides is 3. The van der Waals surface area contributed by atoms with Crippen LogP contribution in [0.5, 0.6) is 0 Å². The van der Waals surface area contributed by atoms with Gasteiger partial charge in [0.1, 0.15) is 5.82 Å². The number of hydrogen-bond donors (Lipinski definition) is 2. The van der Waals surface area contributed by atoms with E-state index in [1.807, 2.05) is 0 Å². The van der Waals surface area contributed by atoms with Crippen molar-refractivity contribution < 1.29 is 18.9 Å². The Labute approximate surface area is 169 Å². The average Bonchev–Trinajstić information content (AvgIpc) is 2.71. The predicted octanol–water partition coefficient (Wildman–Crippen LogP) is 3.28. The number of carbonyl (C=O) groups excluding carboxylic acids is 2. The predicted molar refractivity (Wildman–Crippen MR) is 105 cm³/mol. The summed E-state index contributed by atoms with van der Waals surface area (Å²) in [6.45, 7) is 2.35. The number of halogens is 1. The van der Waals surface area contributed by atoms with Crippen LogP contribution >= 0.6 is 0 Å². The van der Waals surface area contributed by atoms with Gasteiger partial charge < -0.3 is 15.5 Å². The van der Waals surface area contributed by atoms with Crippen molar-refractivity contribution in [3.05, 3.63) is 39.2 Å². The zero-order valence-corrected chi connectivity index (χ0v) is 16.6. The van der Waals surface area contributed by atoms with Crippen LogP contribution in [0.15, 0.2) is 12.1 Å². The fraction of sp³-hybridized carbons (Fsp3) is 0.600. The van der Waals surface area contributed by atoms with Crippen molar-refractivity contribution in [2.75, 3.05) is 13.1 Å². The number of carbonyl (C=O) groups is 2. The van der Waals surface area contributed by atoms with E-state index in [2.05, 4.69) is 10.6 Å². The second kappa shape index (κ2) is 9.19. The first-order valence-corrected chi connectivity index (χ1v) is 10.2. The van der Waals surface area contributed by atoms with Crippen LogP contribution in [0, 0.1) is 22.9 Å². The molecule has 9 heteroatoms. The van der Waals surface area contributed by atoms with Crippen molar-refractivity contribution in [3.63, 3.8) is 0 Å². The monoisotopic (exact) mass is 406 g/mol. The Bertz CT molecular complexity index is 787. The second-order valence-electron chi connectivity index (χ2n) is 7.88. The highest BCUT2D eigenvalue weighted by molar-refractivity contribution is 5.95. The van der Waals surface area contributed by atoms with E-state index in [0.29, 0.717) is 25.9 Å². The number of likely N-dealkylation sites (tertiary alicyclic amines) is 1. The summed E-state index contributed by atoms with van der Waals surface area (Å²) in [6, 6.07) is 2.15. The minimum Gasteiger partial charge on any atom is -0.349 e. The van der Waals surface area contributed by atoms with E-state index in [-0.39, 0.29) is 29.2 Å². The minimum absolute atomic E-state index is 0.0575. The van der Waals surface area contributed by atoms with Crippen molar-refractivity contribution >= 4 is 17.6 Å². The summed E-state index contributed by atoms with van der Waals surface area (Å²) in [7, 11) is 0. The number of urea groups is 1. The normalized spacial score (nSPS) is 18.3. The quantitative estimate of drug-likeness (QED) is 0.591. The van der Waals surface area contributed by atoms with Gasteiger partial charge in [-0.2, -0.15) is 0 Å². The SMILES string of the molecule is Cc1c(F)cc(C(=O)NC2CCN(C(=O)NC3CCCCC3)CC2)cc1[N+](=O)[O-]. The van der Waals surface area contributed by atoms with Gasteiger partial charge in [0.25, 0.3) is 11.6 Å². The molecule has 1 saturated carbocycles. The molecule has 1 aromatic carbocycles. The van der Waals surface area contributed by atoms with Gasteiger partial charge in [-0.05, 0) is 38.7 Å². The molecule has 0 radical (unpaired) electrons. The van der Waals surface area contributed by atoms with E-state index in [1.54, 1.807) is 4.90 Å². The summed E-state index contributed by atoms with van der Waals surface area (Å²) < 4.78 is 13.9. The number of nitrogens with zero attached hydrogens (tertiary/aromatic N) is 2. The molecule has 0 bridgehead atoms. The Morgan fingerprint density at radius 1 is 1.07 bits per heavy atom. The van der Waals surface area contributed by atoms with Crippen LogP contribution in [0.25, 0.3) is 0 Å². The number of nitro groups is 1. The van der Waals surface area contributed by atoms with Gasteiger partial charge in [0, 0.05) is 36.8 Å². The third-order valence-corrected chi connectivity index (χ3v) is 5.83. The number of hydrogen-bond acceptors (Lipinski definition) is 4. The lowest BCUT2D eigenvalue weighted by atomic mass is 9.95. The van der Waals surface area contributed by atoms with Crippen molar-refractivity contribution in [1.29, 1.82) is 0 Å². The summed E-state index contributed by atoms with van der Waals surface area (Å²) in [4.78, 5) is 37.0. The first-order chi connectivity index (χ1) is 13.8. The molecule has 1 aliphatic carbocycles. The zero-order chi connectivity index (χ0) is 21.0. The summed E-state index contributed by atoms with van der Waals surface area (Å²) in [5.74, 6) is -1.32. The molecule has 3 amide bonds. The van der Waals surface area contributed by atoms with E-state index in [0.717, 1.165) is 37.8 Å². The minimum atomic E-state index is -0.779. The van der Waals surface area contributed by atoms with E-state index in [4.69, 9.17) is 0 Å². The van der Waals surface area contributed by atoms with Crippen molar-refractivity contribution in [3.8, 4) is 0 Å². The second-order valence-corrected chi connectivity index (χ2v) is 7.88. The first kappa shape index (κ1) is 21.0. The molecular formula is C20H27FN4O4. The Kier molecular flexibility index (Phi) is 6.66. The number of nitro benzene ring substituents is 1. The maximum absolute atomic E-state index is 13.9. The third kappa shape index (κ3) is 5.21. The lowest BCUT2D eigenvalue weighted by Gasteiger charge is -2.34. The highest BCUT2D eigenvalue weighted by atomic mass is 19.1. The van der Waals surface area contributed by atoms with Gasteiger partial charge in [-0.25, -0.2) is 9.18 Å². The molecule has 2 aliphatic rings. The van der Waals surface area contributed by atoms with Crippen LogP contribution in [-0.2, 0) is 0 Å². The number of benzene rings is 1. The Morgan fingerprint density at radius 3 is 2.31 bits per heavy atom. The number of rotatable bonds is 4. The molecule has 0 unspecified atom stereocenters. The highest BCUT2D eigenvalue weighted by Crippen LogP contribution is 2.23. The third-order valence-electron chi connectivity index (χ3n) is 5.83. The molecule has 3 rings (SSSR count). The fourth-order valence-electron chi connectivity index (χ4n) is 3.99. The molecule has 2 N–H and O–H groups in total. The molecule has 2 fully saturated rings. The maximum atomic E-state index is 13.9. The van der Waals surface area contributed by atoms with E-state index >= 15 is 0 Å². The molecule has 1 heterocycles. The molecule has 0 atom stereocenters. The first-order valence-electron chi connectivity index (χ1n) is 10.2. The number of piperidine rings is 1. The van der Waals surface area contributed by atoms with Gasteiger partial charge in [-0.15, -0.1) is 0 Å². The zero-order valence-electron chi connectivity index (χ0n) is 16.6. The molecule has 1 aromatic rings. The van der Waals surface area contributed by atoms with Crippen molar-refractivity contribution in [2.24, 2.45) is 0 Å². The van der Waals surface area contributed by atoms with Crippen molar-refractivity contribution in [1.82, 2.24) is 15.5 Å². The summed E-state index contributed by atoms with van der Waals surface area (Å²) in [5, 5.41) is 16.9. The van der Waals surface area contributed by atoms with Gasteiger partial charge in [-0.1, -0.05) is 19.3 Å². The Hall–Kier alpha value is -2.71. The molecule has 8 nitrogen and oxygen atoms in total. The largest absolute Gasteiger partial charge is 0.349 e. The van der Waals surface area contributed by atoms with Crippen LogP contribution in [-0.4, -0.2) is 46.9 Å². The van der Waals surface area contributed by atoms with E-state index in [9.17, 15) is 24.1 Å². The Balaban J connectivity index is 1.52. The van der Waals surface area contributed by atoms with Crippen LogP contribution < -0.4 is 10.6 Å². The van der Waals surface area contributed by atoms with Gasteiger partial charge in [0.05, 0.1) is 10.5 Å². The van der Waals surface area contributed by atoms with Gasteiger partial charge in [0.2, 0.25) is 0 Å². The topological polar surface area (TPSA) is 105 Å². The summed E-state index contributed by atoms with van der Waals surface area (Å²) >= 11 is 0. The molecule has 1 aliphatic heterocycles. The lowest BCUT2D eigenvalue weighted by molar-refractivity contribution is -0.385. The van der Waals surface area contributed by atoms with Crippen LogP contribution in [0.4, 0.5) is 14.9 Å². The van der Waals surface area contributed by atoms with Crippen LogP contribution in [0.2, 0.25) is 0 Å². The van der Waals surface area contributed by atoms with Crippen LogP contribution in [0.3, 0.4) is 0 Å². The number of nitrogens with one attached hydrogen (secondary N) is 2. The van der Waals surface area contributed by atoms with Gasteiger partial charge in [-0.3, -0.25) is 14.9 Å². The Morgan fingerprint density at radius 2 is 1.69 bits per heavy atom. The molecule has 0 aromatic heterocycles. The summed E-state index contributed by atoms with van der Waals surface area (Å²) in [6.07, 6.45) is 6.74. The molecular weight excluding hydrogens is 379 g/mol. The molecule has 29 heavy (non-hydrogen) atoms. The van der Waals surface area contributed by atoms with Gasteiger partial charge in [0.15, 0.2) is 0 Å². The van der Waals surface area contributed by atoms with Crippen molar-refractivity contribution in [2.45, 2.75) is 64.0 Å². The van der Waals surface area contributed by atoms with Gasteiger partial charge >= 0.3 is 6.03 Å². The smallest absolute Gasteiger partial charge is 0.317 e.